The molecule has 0 amide bonds. The highest BCUT2D eigenvalue weighted by molar-refractivity contribution is 7.93. The number of nitrogens with two attached hydrogens (primary N) is 1. The summed E-state index contributed by atoms with van der Waals surface area (Å²) in [6, 6.07) is 8.02. The van der Waals surface area contributed by atoms with Gasteiger partial charge in [-0.2, -0.15) is 0 Å². The zero-order valence-electron chi connectivity index (χ0n) is 10.9. The predicted molar refractivity (Wildman–Crippen MR) is 79.6 cm³/mol. The van der Waals surface area contributed by atoms with Gasteiger partial charge in [-0.25, -0.2) is 12.8 Å². The first-order valence-electron chi connectivity index (χ1n) is 5.75. The van der Waals surface area contributed by atoms with E-state index in [0.29, 0.717) is 5.02 Å². The zero-order valence-corrected chi connectivity index (χ0v) is 12.5. The Balaban J connectivity index is 2.50. The zero-order chi connectivity index (χ0) is 15.6. The van der Waals surface area contributed by atoms with Gasteiger partial charge in [0.15, 0.2) is 0 Å². The van der Waals surface area contributed by atoms with Crippen molar-refractivity contribution >= 4 is 33.0 Å². The molecule has 5 nitrogen and oxygen atoms in total. The van der Waals surface area contributed by atoms with E-state index >= 15 is 0 Å². The van der Waals surface area contributed by atoms with Gasteiger partial charge in [0, 0.05) is 5.02 Å². The van der Waals surface area contributed by atoms with Crippen LogP contribution < -0.4 is 15.2 Å². The van der Waals surface area contributed by atoms with Gasteiger partial charge in [-0.3, -0.25) is 4.72 Å². The van der Waals surface area contributed by atoms with Gasteiger partial charge in [0.2, 0.25) is 0 Å². The molecule has 0 bridgehead atoms. The number of nitrogen functional groups attached to an aromatic ring is 1. The van der Waals surface area contributed by atoms with Gasteiger partial charge in [-0.1, -0.05) is 17.7 Å². The average molecular weight is 331 g/mol. The topological polar surface area (TPSA) is 81.4 Å². The fourth-order valence-electron chi connectivity index (χ4n) is 1.76. The number of methoxy groups -OCH3 is 1. The van der Waals surface area contributed by atoms with Crippen LogP contribution in [0.4, 0.5) is 15.8 Å². The molecular weight excluding hydrogens is 319 g/mol. The molecule has 0 saturated carbocycles. The summed E-state index contributed by atoms with van der Waals surface area (Å²) in [5.74, 6) is -0.693. The summed E-state index contributed by atoms with van der Waals surface area (Å²) in [6.07, 6.45) is 0. The second-order valence-corrected chi connectivity index (χ2v) is 6.16. The van der Waals surface area contributed by atoms with Crippen molar-refractivity contribution in [3.8, 4) is 5.75 Å². The smallest absolute Gasteiger partial charge is 0.267 e. The highest BCUT2D eigenvalue weighted by Gasteiger charge is 2.23. The van der Waals surface area contributed by atoms with Crippen molar-refractivity contribution < 1.29 is 17.5 Å². The Morgan fingerprint density at radius 3 is 2.62 bits per heavy atom. The summed E-state index contributed by atoms with van der Waals surface area (Å²) < 4.78 is 45.6. The monoisotopic (exact) mass is 330 g/mol. The molecular formula is C13H12ClFN2O3S. The van der Waals surface area contributed by atoms with Crippen molar-refractivity contribution in [1.82, 2.24) is 0 Å². The summed E-state index contributed by atoms with van der Waals surface area (Å²) in [4.78, 5) is -0.618. The lowest BCUT2D eigenvalue weighted by atomic mass is 10.3. The molecule has 2 aromatic rings. The average Bonchev–Trinajstić information content (AvgIpc) is 2.37. The van der Waals surface area contributed by atoms with Crippen LogP contribution in [0, 0.1) is 5.82 Å². The van der Waals surface area contributed by atoms with Crippen molar-refractivity contribution in [3.05, 3.63) is 47.2 Å². The van der Waals surface area contributed by atoms with Gasteiger partial charge in [0.1, 0.15) is 16.5 Å². The number of hydrogen-bond acceptors (Lipinski definition) is 4. The van der Waals surface area contributed by atoms with Gasteiger partial charge in [0.05, 0.1) is 18.5 Å². The maximum atomic E-state index is 13.8. The molecule has 21 heavy (non-hydrogen) atoms. The van der Waals surface area contributed by atoms with E-state index in [1.165, 1.54) is 37.4 Å². The van der Waals surface area contributed by atoms with E-state index in [9.17, 15) is 12.8 Å². The van der Waals surface area contributed by atoms with Crippen LogP contribution in [0.2, 0.25) is 5.02 Å². The third-order valence-electron chi connectivity index (χ3n) is 2.67. The van der Waals surface area contributed by atoms with E-state index < -0.39 is 20.7 Å². The molecule has 0 aromatic heterocycles. The Labute approximate surface area is 126 Å². The van der Waals surface area contributed by atoms with E-state index in [1.54, 1.807) is 0 Å². The summed E-state index contributed by atoms with van der Waals surface area (Å²) >= 11 is 5.82. The molecule has 2 aromatic carbocycles. The van der Waals surface area contributed by atoms with Crippen LogP contribution in [0.3, 0.4) is 0 Å². The molecule has 0 fully saturated rings. The first-order chi connectivity index (χ1) is 9.85. The van der Waals surface area contributed by atoms with Crippen LogP contribution in [0.15, 0.2) is 41.3 Å². The van der Waals surface area contributed by atoms with Crippen LogP contribution >= 0.6 is 11.6 Å². The van der Waals surface area contributed by atoms with Crippen molar-refractivity contribution in [3.63, 3.8) is 0 Å². The quantitative estimate of drug-likeness (QED) is 0.845. The third-order valence-corrected chi connectivity index (χ3v) is 4.36. The maximum absolute atomic E-state index is 13.8. The van der Waals surface area contributed by atoms with Crippen molar-refractivity contribution in [2.75, 3.05) is 17.6 Å². The molecule has 112 valence electrons. The second kappa shape index (κ2) is 5.79. The Bertz CT molecular complexity index is 761. The number of halogens is 2. The molecule has 0 spiro atoms. The molecule has 0 aliphatic rings. The van der Waals surface area contributed by atoms with Crippen LogP contribution in [-0.2, 0) is 10.0 Å². The lowest BCUT2D eigenvalue weighted by Crippen LogP contribution is -2.17. The van der Waals surface area contributed by atoms with E-state index in [4.69, 9.17) is 22.1 Å². The van der Waals surface area contributed by atoms with Gasteiger partial charge in [-0.15, -0.1) is 0 Å². The highest BCUT2D eigenvalue weighted by Crippen LogP contribution is 2.31. The number of benzene rings is 2. The van der Waals surface area contributed by atoms with Gasteiger partial charge in [-0.05, 0) is 30.3 Å². The molecule has 2 rings (SSSR count). The Morgan fingerprint density at radius 2 is 2.00 bits per heavy atom. The summed E-state index contributed by atoms with van der Waals surface area (Å²) in [5, 5.41) is 0.301. The van der Waals surface area contributed by atoms with Crippen molar-refractivity contribution in [1.29, 1.82) is 0 Å². The van der Waals surface area contributed by atoms with Crippen LogP contribution in [0.5, 0.6) is 5.75 Å². The van der Waals surface area contributed by atoms with E-state index in [1.807, 2.05) is 0 Å². The number of hydrogen-bond donors (Lipinski definition) is 2. The van der Waals surface area contributed by atoms with Gasteiger partial charge < -0.3 is 10.5 Å². The normalized spacial score (nSPS) is 11.2. The minimum Gasteiger partial charge on any atom is -0.495 e. The maximum Gasteiger partial charge on any atom is 0.267 e. The highest BCUT2D eigenvalue weighted by atomic mass is 35.5. The molecule has 0 heterocycles. The Kier molecular flexibility index (Phi) is 4.24. The first kappa shape index (κ1) is 15.4. The number of anilines is 2. The van der Waals surface area contributed by atoms with Crippen molar-refractivity contribution in [2.45, 2.75) is 4.90 Å². The lowest BCUT2D eigenvalue weighted by molar-refractivity contribution is 0.417. The molecule has 0 aliphatic carbocycles. The summed E-state index contributed by atoms with van der Waals surface area (Å²) in [6.45, 7) is 0. The molecule has 3 N–H and O–H groups in total. The summed E-state index contributed by atoms with van der Waals surface area (Å²) in [5.41, 5.74) is 5.44. The molecule has 8 heteroatoms. The molecule has 0 atom stereocenters. The fourth-order valence-corrected chi connectivity index (χ4v) is 3.19. The molecule has 0 unspecified atom stereocenters. The number of sulfonamides is 1. The van der Waals surface area contributed by atoms with E-state index in [2.05, 4.69) is 4.72 Å². The number of rotatable bonds is 4. The largest absolute Gasteiger partial charge is 0.495 e. The molecule has 0 radical (unpaired) electrons. The molecule has 0 saturated heterocycles. The van der Waals surface area contributed by atoms with Gasteiger partial charge in [0.25, 0.3) is 10.0 Å². The van der Waals surface area contributed by atoms with Crippen LogP contribution in [-0.4, -0.2) is 15.5 Å². The number of nitrogens with one attached hydrogen (secondary N) is 1. The standard InChI is InChI=1S/C13H12ClFN2O3S/c1-20-12-6-5-8(14)7-11(12)17-21(18,19)13-9(15)3-2-4-10(13)16/h2-7,17H,16H2,1H3. The van der Waals surface area contributed by atoms with E-state index in [-0.39, 0.29) is 17.1 Å². The number of ether oxygens (including phenoxy) is 1. The Morgan fingerprint density at radius 1 is 1.29 bits per heavy atom. The van der Waals surface area contributed by atoms with Crippen LogP contribution in [0.1, 0.15) is 0 Å². The van der Waals surface area contributed by atoms with E-state index in [0.717, 1.165) is 6.07 Å². The predicted octanol–water partition coefficient (Wildman–Crippen LogP) is 2.87. The van der Waals surface area contributed by atoms with Crippen molar-refractivity contribution in [2.24, 2.45) is 0 Å². The minimum atomic E-state index is -4.21. The SMILES string of the molecule is COc1ccc(Cl)cc1NS(=O)(=O)c1c(N)cccc1F. The Hall–Kier alpha value is -1.99. The van der Waals surface area contributed by atoms with Crippen LogP contribution in [0.25, 0.3) is 0 Å². The third kappa shape index (κ3) is 3.20. The summed E-state index contributed by atoms with van der Waals surface area (Å²) in [7, 11) is -2.84. The molecule has 0 aliphatic heterocycles. The second-order valence-electron chi connectivity index (χ2n) is 4.11. The van der Waals surface area contributed by atoms with Gasteiger partial charge >= 0.3 is 0 Å². The fraction of sp³-hybridized carbons (Fsp3) is 0.0769. The minimum absolute atomic E-state index is 0.0904. The first-order valence-corrected chi connectivity index (χ1v) is 7.61. The lowest BCUT2D eigenvalue weighted by Gasteiger charge is -2.13.